The van der Waals surface area contributed by atoms with Crippen LogP contribution in [-0.4, -0.2) is 61.0 Å². The summed E-state index contributed by atoms with van der Waals surface area (Å²) in [5.74, 6) is 1.02. The van der Waals surface area contributed by atoms with Gasteiger partial charge in [0, 0.05) is 26.2 Å². The van der Waals surface area contributed by atoms with Crippen molar-refractivity contribution in [2.24, 2.45) is 5.92 Å². The first-order valence-electron chi connectivity index (χ1n) is 7.36. The quantitative estimate of drug-likeness (QED) is 0.809. The second kappa shape index (κ2) is 6.02. The highest BCUT2D eigenvalue weighted by molar-refractivity contribution is 5.83. The molecule has 4 nitrogen and oxygen atoms in total. The fourth-order valence-corrected chi connectivity index (χ4v) is 3.36. The first-order chi connectivity index (χ1) is 8.63. The van der Waals surface area contributed by atoms with Crippen molar-refractivity contribution in [3.8, 4) is 0 Å². The summed E-state index contributed by atoms with van der Waals surface area (Å²) in [6.45, 7) is 8.57. The minimum Gasteiger partial charge on any atom is -0.344 e. The van der Waals surface area contributed by atoms with Gasteiger partial charge in [0.15, 0.2) is 0 Å². The molecule has 0 aliphatic carbocycles. The molecule has 2 saturated heterocycles. The van der Waals surface area contributed by atoms with Crippen LogP contribution in [0.4, 0.5) is 0 Å². The van der Waals surface area contributed by atoms with E-state index in [0.717, 1.165) is 32.6 Å². The van der Waals surface area contributed by atoms with Crippen molar-refractivity contribution in [1.82, 2.24) is 15.1 Å². The molecule has 0 aromatic rings. The van der Waals surface area contributed by atoms with Gasteiger partial charge < -0.3 is 10.2 Å². The Morgan fingerprint density at radius 2 is 2.17 bits per heavy atom. The van der Waals surface area contributed by atoms with Crippen LogP contribution in [0.5, 0.6) is 0 Å². The summed E-state index contributed by atoms with van der Waals surface area (Å²) in [7, 11) is 1.92. The molecule has 2 rings (SSSR count). The van der Waals surface area contributed by atoms with Crippen LogP contribution in [0.25, 0.3) is 0 Å². The molecule has 2 aliphatic heterocycles. The zero-order chi connectivity index (χ0) is 13.1. The van der Waals surface area contributed by atoms with Gasteiger partial charge in [-0.15, -0.1) is 0 Å². The molecule has 104 valence electrons. The van der Waals surface area contributed by atoms with Crippen molar-refractivity contribution in [3.05, 3.63) is 0 Å². The third-order valence-corrected chi connectivity index (χ3v) is 4.56. The van der Waals surface area contributed by atoms with Crippen molar-refractivity contribution in [2.45, 2.75) is 45.2 Å². The van der Waals surface area contributed by atoms with Gasteiger partial charge in [-0.2, -0.15) is 0 Å². The number of carbonyl (C=O) groups excluding carboxylic acids is 1. The van der Waals surface area contributed by atoms with E-state index in [-0.39, 0.29) is 6.04 Å². The number of amides is 1. The maximum atomic E-state index is 12.1. The predicted molar refractivity (Wildman–Crippen MR) is 73.5 cm³/mol. The van der Waals surface area contributed by atoms with Gasteiger partial charge in [-0.05, 0) is 45.2 Å². The highest BCUT2D eigenvalue weighted by Crippen LogP contribution is 2.25. The van der Waals surface area contributed by atoms with Crippen LogP contribution < -0.4 is 5.32 Å². The van der Waals surface area contributed by atoms with Crippen LogP contribution in [0.1, 0.15) is 33.1 Å². The van der Waals surface area contributed by atoms with E-state index in [0.29, 0.717) is 17.9 Å². The molecular formula is C14H27N3O. The van der Waals surface area contributed by atoms with E-state index < -0.39 is 0 Å². The normalized spacial score (nSPS) is 31.9. The average molecular weight is 253 g/mol. The molecule has 4 heteroatoms. The number of carbonyl (C=O) groups is 1. The van der Waals surface area contributed by atoms with Crippen molar-refractivity contribution in [2.75, 3.05) is 33.2 Å². The summed E-state index contributed by atoms with van der Waals surface area (Å²) >= 11 is 0. The lowest BCUT2D eigenvalue weighted by Gasteiger charge is -2.38. The lowest BCUT2D eigenvalue weighted by atomic mass is 9.90. The van der Waals surface area contributed by atoms with Crippen LogP contribution in [0.15, 0.2) is 0 Å². The Morgan fingerprint density at radius 3 is 2.78 bits per heavy atom. The monoisotopic (exact) mass is 253 g/mol. The Morgan fingerprint density at radius 1 is 1.39 bits per heavy atom. The molecule has 0 aromatic heterocycles. The largest absolute Gasteiger partial charge is 0.344 e. The molecule has 2 aliphatic rings. The number of nitrogens with zero attached hydrogens (tertiary/aromatic N) is 2. The maximum absolute atomic E-state index is 12.1. The van der Waals surface area contributed by atoms with Gasteiger partial charge in [0.1, 0.15) is 0 Å². The van der Waals surface area contributed by atoms with Gasteiger partial charge in [0.25, 0.3) is 0 Å². The van der Waals surface area contributed by atoms with Crippen molar-refractivity contribution >= 4 is 5.91 Å². The third kappa shape index (κ3) is 2.86. The molecule has 18 heavy (non-hydrogen) atoms. The molecule has 3 unspecified atom stereocenters. The van der Waals surface area contributed by atoms with E-state index in [2.05, 4.69) is 24.1 Å². The Labute approximate surface area is 111 Å². The topological polar surface area (TPSA) is 35.6 Å². The molecule has 0 aromatic carbocycles. The second-order valence-corrected chi connectivity index (χ2v) is 5.81. The summed E-state index contributed by atoms with van der Waals surface area (Å²) in [6, 6.07) is 0.721. The van der Waals surface area contributed by atoms with Crippen LogP contribution >= 0.6 is 0 Å². The zero-order valence-corrected chi connectivity index (χ0v) is 12.0. The summed E-state index contributed by atoms with van der Waals surface area (Å²) in [5, 5.41) is 3.52. The molecule has 2 heterocycles. The van der Waals surface area contributed by atoms with E-state index in [1.807, 2.05) is 11.9 Å². The number of likely N-dealkylation sites (tertiary alicyclic amines) is 2. The molecule has 0 spiro atoms. The molecule has 1 N–H and O–H groups in total. The molecule has 2 fully saturated rings. The Balaban J connectivity index is 1.92. The Bertz CT molecular complexity index is 295. The minimum atomic E-state index is 0.159. The fourth-order valence-electron chi connectivity index (χ4n) is 3.36. The van der Waals surface area contributed by atoms with E-state index in [4.69, 9.17) is 0 Å². The molecule has 0 saturated carbocycles. The molecule has 0 radical (unpaired) electrons. The van der Waals surface area contributed by atoms with Gasteiger partial charge in [-0.3, -0.25) is 9.69 Å². The minimum absolute atomic E-state index is 0.159. The number of hydrogen-bond donors (Lipinski definition) is 1. The number of piperidine rings is 1. The van der Waals surface area contributed by atoms with Crippen molar-refractivity contribution < 1.29 is 4.79 Å². The molecule has 1 amide bonds. The first-order valence-corrected chi connectivity index (χ1v) is 7.36. The van der Waals surface area contributed by atoms with Gasteiger partial charge in [0.2, 0.25) is 5.91 Å². The number of nitrogens with one attached hydrogen (secondary N) is 1. The maximum Gasteiger partial charge on any atom is 0.239 e. The van der Waals surface area contributed by atoms with Gasteiger partial charge in [-0.25, -0.2) is 0 Å². The summed E-state index contributed by atoms with van der Waals surface area (Å²) in [6.07, 6.45) is 3.53. The van der Waals surface area contributed by atoms with Crippen LogP contribution in [0, 0.1) is 5.92 Å². The molecular weight excluding hydrogens is 226 g/mol. The summed E-state index contributed by atoms with van der Waals surface area (Å²) in [4.78, 5) is 16.4. The zero-order valence-electron chi connectivity index (χ0n) is 12.0. The number of hydrogen-bond acceptors (Lipinski definition) is 3. The van der Waals surface area contributed by atoms with Crippen LogP contribution in [0.3, 0.4) is 0 Å². The lowest BCUT2D eigenvalue weighted by Crippen LogP contribution is -2.50. The predicted octanol–water partition coefficient (Wildman–Crippen LogP) is 0.927. The fraction of sp³-hybridized carbons (Fsp3) is 0.929. The van der Waals surface area contributed by atoms with E-state index in [1.165, 1.54) is 12.8 Å². The van der Waals surface area contributed by atoms with Gasteiger partial charge >= 0.3 is 0 Å². The average Bonchev–Trinajstić information content (AvgIpc) is 2.71. The molecule has 0 bridgehead atoms. The Kier molecular flexibility index (Phi) is 4.62. The van der Waals surface area contributed by atoms with Crippen LogP contribution in [0.2, 0.25) is 0 Å². The number of rotatable bonds is 4. The first kappa shape index (κ1) is 13.8. The van der Waals surface area contributed by atoms with Crippen molar-refractivity contribution in [3.63, 3.8) is 0 Å². The SMILES string of the molecule is CCNC(C)C1CCCN(C2CCN(C)C2=O)C1. The highest BCUT2D eigenvalue weighted by atomic mass is 16.2. The lowest BCUT2D eigenvalue weighted by molar-refractivity contribution is -0.131. The van der Waals surface area contributed by atoms with E-state index in [9.17, 15) is 4.79 Å². The smallest absolute Gasteiger partial charge is 0.239 e. The molecule has 3 atom stereocenters. The highest BCUT2D eigenvalue weighted by Gasteiger charge is 2.36. The van der Waals surface area contributed by atoms with Gasteiger partial charge in [0.05, 0.1) is 6.04 Å². The summed E-state index contributed by atoms with van der Waals surface area (Å²) in [5.41, 5.74) is 0. The van der Waals surface area contributed by atoms with E-state index >= 15 is 0 Å². The third-order valence-electron chi connectivity index (χ3n) is 4.56. The standard InChI is InChI=1S/C14H27N3O/c1-4-15-11(2)12-6-5-8-17(10-12)13-7-9-16(3)14(13)18/h11-13,15H,4-10H2,1-3H3. The Hall–Kier alpha value is -0.610. The van der Waals surface area contributed by atoms with Gasteiger partial charge in [-0.1, -0.05) is 6.92 Å². The van der Waals surface area contributed by atoms with Crippen LogP contribution in [-0.2, 0) is 4.79 Å². The summed E-state index contributed by atoms with van der Waals surface area (Å²) < 4.78 is 0. The second-order valence-electron chi connectivity index (χ2n) is 5.81. The van der Waals surface area contributed by atoms with Crippen molar-refractivity contribution in [1.29, 1.82) is 0 Å². The number of likely N-dealkylation sites (N-methyl/N-ethyl adjacent to an activating group) is 1. The van der Waals surface area contributed by atoms with E-state index in [1.54, 1.807) is 0 Å².